The summed E-state index contributed by atoms with van der Waals surface area (Å²) in [5.74, 6) is 0.638. The second kappa shape index (κ2) is 9.76. The molecule has 4 rings (SSSR count). The molecule has 1 aliphatic heterocycles. The summed E-state index contributed by atoms with van der Waals surface area (Å²) in [7, 11) is 1.67. The lowest BCUT2D eigenvalue weighted by molar-refractivity contribution is -0.126. The number of amides is 2. The van der Waals surface area contributed by atoms with Crippen molar-refractivity contribution < 1.29 is 14.3 Å². The highest BCUT2D eigenvalue weighted by atomic mass is 16.5. The van der Waals surface area contributed by atoms with Crippen molar-refractivity contribution in [3.63, 3.8) is 0 Å². The Labute approximate surface area is 191 Å². The van der Waals surface area contributed by atoms with E-state index >= 15 is 0 Å². The van der Waals surface area contributed by atoms with Crippen molar-refractivity contribution in [3.05, 3.63) is 65.2 Å². The maximum atomic E-state index is 13.7. The van der Waals surface area contributed by atoms with E-state index < -0.39 is 5.54 Å². The highest BCUT2D eigenvalue weighted by molar-refractivity contribution is 6.02. The van der Waals surface area contributed by atoms with E-state index in [9.17, 15) is 9.59 Å². The summed E-state index contributed by atoms with van der Waals surface area (Å²) in [5, 5.41) is 3.20. The lowest BCUT2D eigenvalue weighted by Gasteiger charge is -2.50. The van der Waals surface area contributed by atoms with E-state index in [1.54, 1.807) is 7.11 Å². The second-order valence-electron chi connectivity index (χ2n) is 8.99. The molecule has 0 saturated heterocycles. The SMILES string of the molecule is CCCCN1C(=O)c2ccccc2C(C(=O)NCCc2ccccc2OC)C12CCCC2. The van der Waals surface area contributed by atoms with Gasteiger partial charge in [-0.2, -0.15) is 0 Å². The summed E-state index contributed by atoms with van der Waals surface area (Å²) < 4.78 is 5.45. The molecule has 1 saturated carbocycles. The molecule has 2 amide bonds. The Bertz CT molecular complexity index is 965. The van der Waals surface area contributed by atoms with Gasteiger partial charge in [-0.05, 0) is 48.9 Å². The average molecular weight is 435 g/mol. The Morgan fingerprint density at radius 1 is 1.12 bits per heavy atom. The molecular weight excluding hydrogens is 400 g/mol. The van der Waals surface area contributed by atoms with Gasteiger partial charge in [0.1, 0.15) is 5.75 Å². The minimum Gasteiger partial charge on any atom is -0.496 e. The summed E-state index contributed by atoms with van der Waals surface area (Å²) in [6, 6.07) is 15.6. The van der Waals surface area contributed by atoms with Crippen molar-refractivity contribution >= 4 is 11.8 Å². The number of carbonyl (C=O) groups excluding carboxylic acids is 2. The molecule has 0 aromatic heterocycles. The normalized spacial score (nSPS) is 19.1. The number of benzene rings is 2. The van der Waals surface area contributed by atoms with Crippen LogP contribution in [0.4, 0.5) is 0 Å². The van der Waals surface area contributed by atoms with E-state index in [0.29, 0.717) is 25.1 Å². The standard InChI is InChI=1S/C27H34N2O3/c1-3-4-19-29-26(31)22-13-7-6-12-21(22)24(27(29)16-9-10-17-27)25(30)28-18-15-20-11-5-8-14-23(20)32-2/h5-8,11-14,24H,3-4,9-10,15-19H2,1-2H3,(H,28,30). The number of hydrogen-bond acceptors (Lipinski definition) is 3. The first-order valence-corrected chi connectivity index (χ1v) is 11.9. The third kappa shape index (κ3) is 4.01. The fourth-order valence-corrected chi connectivity index (χ4v) is 5.64. The molecule has 1 unspecified atom stereocenters. The fraction of sp³-hybridized carbons (Fsp3) is 0.481. The maximum Gasteiger partial charge on any atom is 0.254 e. The third-order valence-corrected chi connectivity index (χ3v) is 7.18. The topological polar surface area (TPSA) is 58.6 Å². The van der Waals surface area contributed by atoms with Gasteiger partial charge in [0.05, 0.1) is 18.6 Å². The number of fused-ring (bicyclic) bond motifs is 1. The number of carbonyl (C=O) groups is 2. The van der Waals surface area contributed by atoms with E-state index in [2.05, 4.69) is 17.1 Å². The number of para-hydroxylation sites is 1. The van der Waals surface area contributed by atoms with Gasteiger partial charge < -0.3 is 15.0 Å². The molecule has 1 spiro atoms. The molecule has 170 valence electrons. The van der Waals surface area contributed by atoms with Gasteiger partial charge >= 0.3 is 0 Å². The first-order chi connectivity index (χ1) is 15.6. The van der Waals surface area contributed by atoms with Crippen LogP contribution >= 0.6 is 0 Å². The minimum atomic E-state index is -0.408. The van der Waals surface area contributed by atoms with E-state index in [1.165, 1.54) is 0 Å². The number of hydrogen-bond donors (Lipinski definition) is 1. The Morgan fingerprint density at radius 2 is 1.84 bits per heavy atom. The van der Waals surface area contributed by atoms with Crippen LogP contribution in [0.1, 0.15) is 72.9 Å². The number of rotatable bonds is 8. The van der Waals surface area contributed by atoms with Crippen LogP contribution in [0, 0.1) is 0 Å². The van der Waals surface area contributed by atoms with Crippen LogP contribution in [-0.4, -0.2) is 42.5 Å². The van der Waals surface area contributed by atoms with Gasteiger partial charge in [-0.1, -0.05) is 62.6 Å². The largest absolute Gasteiger partial charge is 0.496 e. The molecule has 0 bridgehead atoms. The average Bonchev–Trinajstić information content (AvgIpc) is 3.29. The van der Waals surface area contributed by atoms with Crippen LogP contribution in [-0.2, 0) is 11.2 Å². The van der Waals surface area contributed by atoms with E-state index in [4.69, 9.17) is 4.74 Å². The van der Waals surface area contributed by atoms with Crippen molar-refractivity contribution in [2.24, 2.45) is 0 Å². The molecule has 0 radical (unpaired) electrons. The molecule has 1 N–H and O–H groups in total. The van der Waals surface area contributed by atoms with Gasteiger partial charge in [0.15, 0.2) is 0 Å². The lowest BCUT2D eigenvalue weighted by Crippen LogP contribution is -2.60. The predicted molar refractivity (Wildman–Crippen MR) is 126 cm³/mol. The second-order valence-corrected chi connectivity index (χ2v) is 8.99. The Morgan fingerprint density at radius 3 is 2.59 bits per heavy atom. The highest BCUT2D eigenvalue weighted by Crippen LogP contribution is 2.50. The minimum absolute atomic E-state index is 0.0308. The molecule has 2 aromatic rings. The lowest BCUT2D eigenvalue weighted by atomic mass is 9.71. The molecule has 1 heterocycles. The summed E-state index contributed by atoms with van der Waals surface area (Å²) in [6.07, 6.45) is 6.58. The van der Waals surface area contributed by atoms with Gasteiger partial charge in [0.2, 0.25) is 5.91 Å². The van der Waals surface area contributed by atoms with E-state index in [1.807, 2.05) is 48.5 Å². The number of ether oxygens (including phenoxy) is 1. The van der Waals surface area contributed by atoms with Crippen LogP contribution in [0.3, 0.4) is 0 Å². The van der Waals surface area contributed by atoms with Crippen molar-refractivity contribution in [1.82, 2.24) is 10.2 Å². The van der Waals surface area contributed by atoms with Crippen molar-refractivity contribution in [1.29, 1.82) is 0 Å². The number of unbranched alkanes of at least 4 members (excludes halogenated alkanes) is 1. The monoisotopic (exact) mass is 434 g/mol. The number of nitrogens with one attached hydrogen (secondary N) is 1. The summed E-state index contributed by atoms with van der Waals surface area (Å²) >= 11 is 0. The first-order valence-electron chi connectivity index (χ1n) is 11.9. The molecule has 1 fully saturated rings. The summed E-state index contributed by atoms with van der Waals surface area (Å²) in [5.41, 5.74) is 2.25. The van der Waals surface area contributed by atoms with Crippen molar-refractivity contribution in [2.45, 2.75) is 63.3 Å². The summed E-state index contributed by atoms with van der Waals surface area (Å²) in [4.78, 5) is 29.3. The quantitative estimate of drug-likeness (QED) is 0.655. The van der Waals surface area contributed by atoms with Gasteiger partial charge in [0, 0.05) is 18.7 Å². The fourth-order valence-electron chi connectivity index (χ4n) is 5.64. The molecule has 5 nitrogen and oxygen atoms in total. The van der Waals surface area contributed by atoms with Crippen LogP contribution in [0.15, 0.2) is 48.5 Å². The van der Waals surface area contributed by atoms with E-state index in [-0.39, 0.29) is 17.7 Å². The zero-order chi connectivity index (χ0) is 22.6. The number of nitrogens with zero attached hydrogens (tertiary/aromatic N) is 1. The van der Waals surface area contributed by atoms with Crippen LogP contribution < -0.4 is 10.1 Å². The molecule has 32 heavy (non-hydrogen) atoms. The smallest absolute Gasteiger partial charge is 0.254 e. The van der Waals surface area contributed by atoms with Crippen LogP contribution in [0.5, 0.6) is 5.75 Å². The molecule has 5 heteroatoms. The highest BCUT2D eigenvalue weighted by Gasteiger charge is 2.55. The van der Waals surface area contributed by atoms with Crippen molar-refractivity contribution in [3.8, 4) is 5.75 Å². The Hall–Kier alpha value is -2.82. The Kier molecular flexibility index (Phi) is 6.83. The third-order valence-electron chi connectivity index (χ3n) is 7.18. The molecule has 1 aliphatic carbocycles. The van der Waals surface area contributed by atoms with Crippen molar-refractivity contribution in [2.75, 3.05) is 20.2 Å². The van der Waals surface area contributed by atoms with E-state index in [0.717, 1.165) is 55.4 Å². The molecular formula is C27H34N2O3. The molecule has 2 aromatic carbocycles. The van der Waals surface area contributed by atoms with Crippen LogP contribution in [0.25, 0.3) is 0 Å². The molecule has 1 atom stereocenters. The first kappa shape index (κ1) is 22.4. The van der Waals surface area contributed by atoms with Gasteiger partial charge in [-0.3, -0.25) is 9.59 Å². The Balaban J connectivity index is 1.61. The van der Waals surface area contributed by atoms with Gasteiger partial charge in [-0.15, -0.1) is 0 Å². The zero-order valence-corrected chi connectivity index (χ0v) is 19.2. The van der Waals surface area contributed by atoms with Crippen LogP contribution in [0.2, 0.25) is 0 Å². The summed E-state index contributed by atoms with van der Waals surface area (Å²) in [6.45, 7) is 3.40. The molecule has 2 aliphatic rings. The van der Waals surface area contributed by atoms with Gasteiger partial charge in [-0.25, -0.2) is 0 Å². The predicted octanol–water partition coefficient (Wildman–Crippen LogP) is 4.71. The maximum absolute atomic E-state index is 13.7. The number of methoxy groups -OCH3 is 1. The van der Waals surface area contributed by atoms with Gasteiger partial charge in [0.25, 0.3) is 5.91 Å². The zero-order valence-electron chi connectivity index (χ0n) is 19.2.